The van der Waals surface area contributed by atoms with Crippen LogP contribution in [0.5, 0.6) is 0 Å². The molecular formula is C18H20N4. The number of pyridine rings is 1. The summed E-state index contributed by atoms with van der Waals surface area (Å²) in [5, 5.41) is 3.50. The van der Waals surface area contributed by atoms with Gasteiger partial charge in [-0.2, -0.15) is 0 Å². The molecule has 1 saturated heterocycles. The minimum absolute atomic E-state index is 0.649. The average molecular weight is 292 g/mol. The van der Waals surface area contributed by atoms with Gasteiger partial charge in [-0.05, 0) is 44.0 Å². The van der Waals surface area contributed by atoms with Gasteiger partial charge >= 0.3 is 0 Å². The van der Waals surface area contributed by atoms with Crippen molar-refractivity contribution >= 4 is 11.2 Å². The van der Waals surface area contributed by atoms with Crippen LogP contribution in [0.1, 0.15) is 12.8 Å². The van der Waals surface area contributed by atoms with Gasteiger partial charge in [-0.1, -0.05) is 30.3 Å². The van der Waals surface area contributed by atoms with Crippen molar-refractivity contribution in [2.75, 3.05) is 13.1 Å². The van der Waals surface area contributed by atoms with Crippen molar-refractivity contribution in [3.8, 4) is 11.4 Å². The Hall–Kier alpha value is -2.20. The summed E-state index contributed by atoms with van der Waals surface area (Å²) < 4.78 is 2.29. The van der Waals surface area contributed by atoms with E-state index in [1.54, 1.807) is 0 Å². The van der Waals surface area contributed by atoms with Gasteiger partial charge in [0.1, 0.15) is 11.3 Å². The van der Waals surface area contributed by atoms with Gasteiger partial charge in [0.2, 0.25) is 0 Å². The topological polar surface area (TPSA) is 42.7 Å². The summed E-state index contributed by atoms with van der Waals surface area (Å²) in [6.07, 6.45) is 4.38. The number of rotatable bonds is 3. The van der Waals surface area contributed by atoms with E-state index in [1.807, 2.05) is 24.4 Å². The maximum atomic E-state index is 4.83. The number of benzene rings is 1. The van der Waals surface area contributed by atoms with E-state index in [0.29, 0.717) is 5.92 Å². The van der Waals surface area contributed by atoms with E-state index in [2.05, 4.69) is 39.1 Å². The Labute approximate surface area is 130 Å². The molecule has 22 heavy (non-hydrogen) atoms. The van der Waals surface area contributed by atoms with Gasteiger partial charge < -0.3 is 9.88 Å². The SMILES string of the molecule is c1ccc(-c2nc3cccnc3n2CC2CCCNC2)cc1. The molecule has 0 bridgehead atoms. The van der Waals surface area contributed by atoms with Gasteiger partial charge in [0.05, 0.1) is 0 Å². The zero-order chi connectivity index (χ0) is 14.8. The molecule has 0 spiro atoms. The normalized spacial score (nSPS) is 18.6. The van der Waals surface area contributed by atoms with E-state index in [0.717, 1.165) is 42.2 Å². The van der Waals surface area contributed by atoms with Crippen LogP contribution < -0.4 is 5.32 Å². The van der Waals surface area contributed by atoms with E-state index in [1.165, 1.54) is 12.8 Å². The van der Waals surface area contributed by atoms with Crippen LogP contribution in [0.15, 0.2) is 48.7 Å². The fourth-order valence-corrected chi connectivity index (χ4v) is 3.28. The van der Waals surface area contributed by atoms with Gasteiger partial charge in [-0.15, -0.1) is 0 Å². The number of fused-ring (bicyclic) bond motifs is 1. The molecule has 0 aliphatic carbocycles. The first kappa shape index (κ1) is 13.5. The van der Waals surface area contributed by atoms with Crippen LogP contribution in [0.2, 0.25) is 0 Å². The number of hydrogen-bond donors (Lipinski definition) is 1. The molecule has 1 unspecified atom stereocenters. The highest BCUT2D eigenvalue weighted by Crippen LogP contribution is 2.25. The minimum Gasteiger partial charge on any atom is -0.316 e. The lowest BCUT2D eigenvalue weighted by Crippen LogP contribution is -2.32. The summed E-state index contributed by atoms with van der Waals surface area (Å²) in [4.78, 5) is 9.40. The van der Waals surface area contributed by atoms with Crippen LogP contribution in [-0.4, -0.2) is 27.6 Å². The lowest BCUT2D eigenvalue weighted by atomic mass is 9.99. The van der Waals surface area contributed by atoms with Gasteiger partial charge in [-0.25, -0.2) is 9.97 Å². The second-order valence-electron chi connectivity index (χ2n) is 5.97. The number of hydrogen-bond acceptors (Lipinski definition) is 3. The third-order valence-electron chi connectivity index (χ3n) is 4.38. The molecule has 1 fully saturated rings. The zero-order valence-electron chi connectivity index (χ0n) is 12.6. The number of piperidine rings is 1. The number of nitrogens with one attached hydrogen (secondary N) is 1. The van der Waals surface area contributed by atoms with Crippen LogP contribution in [0.4, 0.5) is 0 Å². The second kappa shape index (κ2) is 5.89. The van der Waals surface area contributed by atoms with Crippen molar-refractivity contribution in [1.82, 2.24) is 19.9 Å². The molecule has 1 atom stereocenters. The molecule has 3 aromatic rings. The molecule has 4 nitrogen and oxygen atoms in total. The van der Waals surface area contributed by atoms with Crippen molar-refractivity contribution in [1.29, 1.82) is 0 Å². The van der Waals surface area contributed by atoms with Gasteiger partial charge in [0.25, 0.3) is 0 Å². The molecule has 112 valence electrons. The summed E-state index contributed by atoms with van der Waals surface area (Å²) >= 11 is 0. The van der Waals surface area contributed by atoms with Crippen molar-refractivity contribution in [3.63, 3.8) is 0 Å². The molecule has 1 aromatic carbocycles. The third kappa shape index (κ3) is 2.50. The van der Waals surface area contributed by atoms with E-state index < -0.39 is 0 Å². The fourth-order valence-electron chi connectivity index (χ4n) is 3.28. The molecule has 3 heterocycles. The standard InChI is InChI=1S/C18H20N4/c1-2-7-15(8-3-1)17-21-16-9-5-11-20-18(16)22(17)13-14-6-4-10-19-12-14/h1-3,5,7-9,11,14,19H,4,6,10,12-13H2. The molecule has 0 saturated carbocycles. The molecule has 1 aliphatic rings. The highest BCUT2D eigenvalue weighted by Gasteiger charge is 2.19. The van der Waals surface area contributed by atoms with Crippen molar-refractivity contribution in [2.45, 2.75) is 19.4 Å². The van der Waals surface area contributed by atoms with Crippen LogP contribution in [0, 0.1) is 5.92 Å². The van der Waals surface area contributed by atoms with Crippen LogP contribution in [0.3, 0.4) is 0 Å². The minimum atomic E-state index is 0.649. The second-order valence-corrected chi connectivity index (χ2v) is 5.97. The van der Waals surface area contributed by atoms with Crippen molar-refractivity contribution in [2.24, 2.45) is 5.92 Å². The Morgan fingerprint density at radius 1 is 1.14 bits per heavy atom. The molecule has 1 N–H and O–H groups in total. The summed E-state index contributed by atoms with van der Waals surface area (Å²) in [7, 11) is 0. The van der Waals surface area contributed by atoms with Crippen LogP contribution in [-0.2, 0) is 6.54 Å². The monoisotopic (exact) mass is 292 g/mol. The average Bonchev–Trinajstić information content (AvgIpc) is 2.95. The first-order valence-electron chi connectivity index (χ1n) is 7.99. The number of nitrogens with zero attached hydrogens (tertiary/aromatic N) is 3. The van der Waals surface area contributed by atoms with E-state index in [-0.39, 0.29) is 0 Å². The maximum absolute atomic E-state index is 4.83. The number of imidazole rings is 1. The van der Waals surface area contributed by atoms with E-state index in [9.17, 15) is 0 Å². The Balaban J connectivity index is 1.79. The fraction of sp³-hybridized carbons (Fsp3) is 0.333. The Kier molecular flexibility index (Phi) is 3.60. The third-order valence-corrected chi connectivity index (χ3v) is 4.38. The Morgan fingerprint density at radius 3 is 2.86 bits per heavy atom. The smallest absolute Gasteiger partial charge is 0.160 e. The summed E-state index contributed by atoms with van der Waals surface area (Å²) in [6.45, 7) is 3.20. The molecular weight excluding hydrogens is 272 g/mol. The highest BCUT2D eigenvalue weighted by atomic mass is 15.1. The molecule has 4 rings (SSSR count). The lowest BCUT2D eigenvalue weighted by Gasteiger charge is -2.24. The van der Waals surface area contributed by atoms with Gasteiger partial charge in [0, 0.05) is 18.3 Å². The summed E-state index contributed by atoms with van der Waals surface area (Å²) in [5.74, 6) is 1.68. The molecule has 0 amide bonds. The predicted molar refractivity (Wildman–Crippen MR) is 88.6 cm³/mol. The molecule has 1 aliphatic heterocycles. The first-order valence-corrected chi connectivity index (χ1v) is 7.99. The lowest BCUT2D eigenvalue weighted by molar-refractivity contribution is 0.341. The maximum Gasteiger partial charge on any atom is 0.160 e. The molecule has 0 radical (unpaired) electrons. The summed E-state index contributed by atoms with van der Waals surface area (Å²) in [6, 6.07) is 14.4. The first-order chi connectivity index (χ1) is 10.9. The van der Waals surface area contributed by atoms with E-state index >= 15 is 0 Å². The van der Waals surface area contributed by atoms with Gasteiger partial charge in [0.15, 0.2) is 5.65 Å². The van der Waals surface area contributed by atoms with Crippen LogP contribution >= 0.6 is 0 Å². The van der Waals surface area contributed by atoms with E-state index in [4.69, 9.17) is 4.98 Å². The predicted octanol–water partition coefficient (Wildman–Crippen LogP) is 3.10. The van der Waals surface area contributed by atoms with Crippen molar-refractivity contribution < 1.29 is 0 Å². The summed E-state index contributed by atoms with van der Waals surface area (Å²) in [5.41, 5.74) is 3.13. The highest BCUT2D eigenvalue weighted by molar-refractivity contribution is 5.77. The Morgan fingerprint density at radius 2 is 2.05 bits per heavy atom. The van der Waals surface area contributed by atoms with Gasteiger partial charge in [-0.3, -0.25) is 0 Å². The van der Waals surface area contributed by atoms with Crippen LogP contribution in [0.25, 0.3) is 22.6 Å². The zero-order valence-corrected chi connectivity index (χ0v) is 12.6. The molecule has 4 heteroatoms. The number of aromatic nitrogens is 3. The molecule has 2 aromatic heterocycles. The largest absolute Gasteiger partial charge is 0.316 e. The quantitative estimate of drug-likeness (QED) is 0.806. The Bertz CT molecular complexity index is 757. The van der Waals surface area contributed by atoms with Crippen molar-refractivity contribution in [3.05, 3.63) is 48.7 Å².